The van der Waals surface area contributed by atoms with E-state index in [1.807, 2.05) is 0 Å². The van der Waals surface area contributed by atoms with Gasteiger partial charge in [-0.1, -0.05) is 0 Å². The van der Waals surface area contributed by atoms with E-state index >= 15 is 0 Å². The fourth-order valence-electron chi connectivity index (χ4n) is 1.44. The number of carbonyl (C=O) groups is 1. The first-order chi connectivity index (χ1) is 8.20. The number of hydrogen-bond acceptors (Lipinski definition) is 3. The van der Waals surface area contributed by atoms with E-state index in [1.165, 1.54) is 12.1 Å². The fourth-order valence-corrected chi connectivity index (χ4v) is 1.73. The number of benzene rings is 2. The van der Waals surface area contributed by atoms with E-state index < -0.39 is 0 Å². The van der Waals surface area contributed by atoms with Crippen LogP contribution in [0.5, 0.6) is 11.5 Å². The van der Waals surface area contributed by atoms with Gasteiger partial charge < -0.3 is 8.17 Å². The molecule has 2 aromatic carbocycles. The first-order valence-electron chi connectivity index (χ1n) is 4.93. The molecule has 0 aliphatic rings. The van der Waals surface area contributed by atoms with Crippen molar-refractivity contribution in [2.75, 3.05) is 0 Å². The summed E-state index contributed by atoms with van der Waals surface area (Å²) in [5.41, 5.74) is 1.14. The maximum absolute atomic E-state index is 12.0. The van der Waals surface area contributed by atoms with Crippen LogP contribution in [0.1, 0.15) is 15.9 Å². The van der Waals surface area contributed by atoms with E-state index in [0.29, 0.717) is 16.9 Å². The Bertz CT molecular complexity index is 517. The van der Waals surface area contributed by atoms with Crippen molar-refractivity contribution in [1.29, 1.82) is 0 Å². The second kappa shape index (κ2) is 5.18. The van der Waals surface area contributed by atoms with Gasteiger partial charge in [-0.15, -0.1) is 0 Å². The van der Waals surface area contributed by atoms with Crippen LogP contribution in [-0.2, 0) is 0 Å². The number of hydrogen-bond donors (Lipinski definition) is 1. The lowest BCUT2D eigenvalue weighted by Crippen LogP contribution is -2.00. The molecule has 1 N–H and O–H groups in total. The van der Waals surface area contributed by atoms with Gasteiger partial charge in [-0.05, 0) is 48.5 Å². The van der Waals surface area contributed by atoms with E-state index in [4.69, 9.17) is 8.17 Å². The van der Waals surface area contributed by atoms with Gasteiger partial charge >= 0.3 is 0 Å². The first kappa shape index (κ1) is 11.9. The van der Waals surface area contributed by atoms with Crippen LogP contribution < -0.4 is 3.07 Å². The normalized spacial score (nSPS) is 9.94. The summed E-state index contributed by atoms with van der Waals surface area (Å²) in [6.07, 6.45) is 0. The average molecular weight is 340 g/mol. The number of phenols is 1. The smallest absolute Gasteiger partial charge is 0.193 e. The highest BCUT2D eigenvalue weighted by Gasteiger charge is 2.08. The largest absolute Gasteiger partial charge is 0.508 e. The Kier molecular flexibility index (Phi) is 3.63. The van der Waals surface area contributed by atoms with Crippen molar-refractivity contribution in [2.45, 2.75) is 0 Å². The Morgan fingerprint density at radius 1 is 0.941 bits per heavy atom. The predicted molar refractivity (Wildman–Crippen MR) is 72.6 cm³/mol. The Hall–Kier alpha value is -1.56. The summed E-state index contributed by atoms with van der Waals surface area (Å²) in [6.45, 7) is 0. The number of halogens is 1. The molecule has 3 nitrogen and oxygen atoms in total. The summed E-state index contributed by atoms with van der Waals surface area (Å²) < 4.78 is 5.00. The average Bonchev–Trinajstić information content (AvgIpc) is 2.39. The molecule has 4 heteroatoms. The molecule has 0 radical (unpaired) electrons. The van der Waals surface area contributed by atoms with Crippen LogP contribution in [0.25, 0.3) is 0 Å². The maximum atomic E-state index is 12.0. The van der Waals surface area contributed by atoms with Crippen LogP contribution >= 0.6 is 23.0 Å². The fraction of sp³-hybridized carbons (Fsp3) is 0. The van der Waals surface area contributed by atoms with Crippen molar-refractivity contribution in [3.8, 4) is 11.5 Å². The molecule has 0 bridgehead atoms. The highest BCUT2D eigenvalue weighted by atomic mass is 127. The molecule has 0 atom stereocenters. The van der Waals surface area contributed by atoms with Gasteiger partial charge in [-0.2, -0.15) is 0 Å². The summed E-state index contributed by atoms with van der Waals surface area (Å²) in [4.78, 5) is 12.0. The first-order valence-corrected chi connectivity index (χ1v) is 5.81. The quantitative estimate of drug-likeness (QED) is 0.689. The maximum Gasteiger partial charge on any atom is 0.193 e. The molecule has 0 heterocycles. The van der Waals surface area contributed by atoms with Crippen LogP contribution in [0, 0.1) is 0 Å². The molecule has 0 aliphatic heterocycles. The van der Waals surface area contributed by atoms with Crippen molar-refractivity contribution >= 4 is 28.8 Å². The van der Waals surface area contributed by atoms with Gasteiger partial charge in [0.2, 0.25) is 0 Å². The predicted octanol–water partition coefficient (Wildman–Crippen LogP) is 3.35. The lowest BCUT2D eigenvalue weighted by Gasteiger charge is -2.02. The SMILES string of the molecule is O=C(c1ccc(O)cc1)c1ccc(OI)cc1. The van der Waals surface area contributed by atoms with Gasteiger partial charge in [0.15, 0.2) is 28.8 Å². The number of phenolic OH excluding ortho intramolecular Hbond substituents is 1. The summed E-state index contributed by atoms with van der Waals surface area (Å²) in [6, 6.07) is 13.1. The molecule has 86 valence electrons. The van der Waals surface area contributed by atoms with Crippen molar-refractivity contribution in [1.82, 2.24) is 0 Å². The van der Waals surface area contributed by atoms with Crippen molar-refractivity contribution in [3.63, 3.8) is 0 Å². The molecule has 0 amide bonds. The van der Waals surface area contributed by atoms with Gasteiger partial charge in [0, 0.05) is 11.1 Å². The molecule has 0 aromatic heterocycles. The van der Waals surface area contributed by atoms with Crippen molar-refractivity contribution in [3.05, 3.63) is 59.7 Å². The summed E-state index contributed by atoms with van der Waals surface area (Å²) in [7, 11) is 0. The minimum atomic E-state index is -0.0787. The zero-order chi connectivity index (χ0) is 12.3. The van der Waals surface area contributed by atoms with Crippen LogP contribution in [-0.4, -0.2) is 10.9 Å². The molecule has 0 unspecified atom stereocenters. The Morgan fingerprint density at radius 2 is 1.41 bits per heavy atom. The van der Waals surface area contributed by atoms with Crippen LogP contribution in [0.15, 0.2) is 48.5 Å². The summed E-state index contributed by atoms with van der Waals surface area (Å²) in [5, 5.41) is 9.15. The van der Waals surface area contributed by atoms with E-state index in [1.54, 1.807) is 59.4 Å². The molecule has 0 saturated heterocycles. The lowest BCUT2D eigenvalue weighted by molar-refractivity contribution is 0.103. The lowest BCUT2D eigenvalue weighted by atomic mass is 10.0. The third-order valence-corrected chi connectivity index (χ3v) is 2.84. The molecule has 2 rings (SSSR count). The standard InChI is InChI=1S/C13H9IO3/c14-17-12-7-3-10(4-8-12)13(16)9-1-5-11(15)6-2-9/h1-8,15H. The zero-order valence-electron chi connectivity index (χ0n) is 8.76. The van der Waals surface area contributed by atoms with E-state index in [-0.39, 0.29) is 11.5 Å². The highest BCUT2D eigenvalue weighted by molar-refractivity contribution is 14.1. The molecule has 2 aromatic rings. The summed E-state index contributed by atoms with van der Waals surface area (Å²) in [5.74, 6) is 0.771. The van der Waals surface area contributed by atoms with Gasteiger partial charge in [0.1, 0.15) is 11.5 Å². The zero-order valence-corrected chi connectivity index (χ0v) is 10.9. The third-order valence-electron chi connectivity index (χ3n) is 2.34. The van der Waals surface area contributed by atoms with E-state index in [9.17, 15) is 4.79 Å². The van der Waals surface area contributed by atoms with Crippen LogP contribution in [0.3, 0.4) is 0 Å². The van der Waals surface area contributed by atoms with Gasteiger partial charge in [0.05, 0.1) is 0 Å². The molecule has 0 aliphatic carbocycles. The number of aromatic hydroxyl groups is 1. The second-order valence-corrected chi connectivity index (χ2v) is 3.92. The molecule has 0 saturated carbocycles. The molecular formula is C13H9IO3. The van der Waals surface area contributed by atoms with Crippen LogP contribution in [0.2, 0.25) is 0 Å². The monoisotopic (exact) mass is 340 g/mol. The Morgan fingerprint density at radius 3 is 1.88 bits per heavy atom. The topological polar surface area (TPSA) is 46.5 Å². The molecule has 0 spiro atoms. The number of rotatable bonds is 3. The highest BCUT2D eigenvalue weighted by Crippen LogP contribution is 2.18. The van der Waals surface area contributed by atoms with Gasteiger partial charge in [-0.3, -0.25) is 4.79 Å². The van der Waals surface area contributed by atoms with Crippen molar-refractivity contribution < 1.29 is 13.0 Å². The van der Waals surface area contributed by atoms with Crippen molar-refractivity contribution in [2.24, 2.45) is 0 Å². The minimum absolute atomic E-state index is 0.0787. The Labute approximate surface area is 113 Å². The molecular weight excluding hydrogens is 331 g/mol. The second-order valence-electron chi connectivity index (χ2n) is 3.48. The van der Waals surface area contributed by atoms with Gasteiger partial charge in [0.25, 0.3) is 0 Å². The molecule has 0 fully saturated rings. The third kappa shape index (κ3) is 2.76. The number of carbonyl (C=O) groups excluding carboxylic acids is 1. The van der Waals surface area contributed by atoms with Crippen LogP contribution in [0.4, 0.5) is 0 Å². The van der Waals surface area contributed by atoms with Gasteiger partial charge in [-0.25, -0.2) is 0 Å². The van der Waals surface area contributed by atoms with E-state index in [0.717, 1.165) is 0 Å². The minimum Gasteiger partial charge on any atom is -0.508 e. The Balaban J connectivity index is 2.27. The number of ketones is 1. The molecule has 17 heavy (non-hydrogen) atoms. The summed E-state index contributed by atoms with van der Waals surface area (Å²) >= 11 is 1.78. The van der Waals surface area contributed by atoms with E-state index in [2.05, 4.69) is 0 Å².